The zero-order chi connectivity index (χ0) is 17.5. The minimum atomic E-state index is -0.0148. The third kappa shape index (κ3) is 4.83. The second kappa shape index (κ2) is 8.67. The van der Waals surface area contributed by atoms with E-state index in [4.69, 9.17) is 0 Å². The first-order chi connectivity index (χ1) is 12.3. The van der Waals surface area contributed by atoms with Crippen molar-refractivity contribution in [2.24, 2.45) is 5.92 Å². The summed E-state index contributed by atoms with van der Waals surface area (Å²) in [6.45, 7) is 2.24. The summed E-state index contributed by atoms with van der Waals surface area (Å²) in [6.07, 6.45) is 2.80. The number of hydrogen-bond acceptors (Lipinski definition) is 2. The van der Waals surface area contributed by atoms with Crippen LogP contribution in [0.1, 0.15) is 18.4 Å². The minimum absolute atomic E-state index is 0.0148. The summed E-state index contributed by atoms with van der Waals surface area (Å²) in [5, 5.41) is 12.3. The molecule has 0 saturated carbocycles. The van der Waals surface area contributed by atoms with Crippen molar-refractivity contribution in [2.75, 3.05) is 26.2 Å². The van der Waals surface area contributed by atoms with E-state index in [2.05, 4.69) is 41.7 Å². The van der Waals surface area contributed by atoms with Gasteiger partial charge in [0.1, 0.15) is 0 Å². The normalized spacial score (nSPS) is 17.3. The average Bonchev–Trinajstić information content (AvgIpc) is 2.69. The van der Waals surface area contributed by atoms with E-state index in [1.165, 1.54) is 16.7 Å². The highest BCUT2D eigenvalue weighted by Crippen LogP contribution is 2.19. The van der Waals surface area contributed by atoms with E-state index in [1.807, 2.05) is 23.1 Å². The van der Waals surface area contributed by atoms with E-state index >= 15 is 0 Å². The maximum atomic E-state index is 12.2. The first-order valence-electron chi connectivity index (χ1n) is 9.04. The Morgan fingerprint density at radius 2 is 1.80 bits per heavy atom. The number of carbonyl (C=O) groups is 1. The summed E-state index contributed by atoms with van der Waals surface area (Å²) in [5.41, 5.74) is 3.63. The summed E-state index contributed by atoms with van der Waals surface area (Å²) in [4.78, 5) is 14.0. The number of urea groups is 1. The fourth-order valence-corrected chi connectivity index (χ4v) is 3.32. The number of benzene rings is 2. The lowest BCUT2D eigenvalue weighted by atomic mass is 9.99. The lowest BCUT2D eigenvalue weighted by Crippen LogP contribution is -2.46. The number of aliphatic hydroxyl groups excluding tert-OH is 1. The van der Waals surface area contributed by atoms with E-state index in [-0.39, 0.29) is 18.6 Å². The van der Waals surface area contributed by atoms with Crippen molar-refractivity contribution in [2.45, 2.75) is 19.3 Å². The zero-order valence-corrected chi connectivity index (χ0v) is 14.5. The van der Waals surface area contributed by atoms with Gasteiger partial charge in [-0.05, 0) is 41.9 Å². The Hall–Kier alpha value is -2.33. The molecule has 2 amide bonds. The molecule has 1 fully saturated rings. The van der Waals surface area contributed by atoms with Gasteiger partial charge in [0.15, 0.2) is 0 Å². The molecule has 1 aliphatic rings. The smallest absolute Gasteiger partial charge is 0.317 e. The van der Waals surface area contributed by atoms with Crippen LogP contribution in [0, 0.1) is 5.92 Å². The van der Waals surface area contributed by atoms with Crippen molar-refractivity contribution in [1.82, 2.24) is 10.2 Å². The van der Waals surface area contributed by atoms with Gasteiger partial charge in [0.2, 0.25) is 0 Å². The number of aliphatic hydroxyl groups is 1. The molecule has 1 heterocycles. The molecule has 0 bridgehead atoms. The molecule has 2 N–H and O–H groups in total. The Labute approximate surface area is 149 Å². The fourth-order valence-electron chi connectivity index (χ4n) is 3.32. The molecule has 0 aliphatic carbocycles. The van der Waals surface area contributed by atoms with E-state index in [0.29, 0.717) is 13.1 Å². The van der Waals surface area contributed by atoms with Crippen molar-refractivity contribution in [1.29, 1.82) is 0 Å². The van der Waals surface area contributed by atoms with Crippen LogP contribution in [-0.4, -0.2) is 42.3 Å². The molecule has 0 radical (unpaired) electrons. The van der Waals surface area contributed by atoms with Crippen molar-refractivity contribution in [3.05, 3.63) is 60.2 Å². The molecule has 2 aromatic carbocycles. The van der Waals surface area contributed by atoms with Gasteiger partial charge in [-0.15, -0.1) is 0 Å². The third-order valence-corrected chi connectivity index (χ3v) is 4.82. The maximum Gasteiger partial charge on any atom is 0.317 e. The molecule has 2 aromatic rings. The molecule has 132 valence electrons. The van der Waals surface area contributed by atoms with Crippen LogP contribution in [0.15, 0.2) is 54.6 Å². The van der Waals surface area contributed by atoms with Gasteiger partial charge in [-0.3, -0.25) is 0 Å². The second-order valence-corrected chi connectivity index (χ2v) is 6.68. The summed E-state index contributed by atoms with van der Waals surface area (Å²) in [7, 11) is 0. The van der Waals surface area contributed by atoms with Crippen molar-refractivity contribution in [3.63, 3.8) is 0 Å². The standard InChI is InChI=1S/C21H26N2O2/c24-16-18-5-4-14-23(15-18)21(25)22-13-12-17-8-10-20(11-9-17)19-6-2-1-3-7-19/h1-3,6-11,18,24H,4-5,12-16H2,(H,22,25). The number of nitrogens with zero attached hydrogens (tertiary/aromatic N) is 1. The van der Waals surface area contributed by atoms with Gasteiger partial charge in [-0.1, -0.05) is 54.6 Å². The first kappa shape index (κ1) is 17.5. The van der Waals surface area contributed by atoms with Crippen LogP contribution in [0.4, 0.5) is 4.79 Å². The van der Waals surface area contributed by atoms with E-state index in [1.54, 1.807) is 0 Å². The molecule has 1 aliphatic heterocycles. The topological polar surface area (TPSA) is 52.6 Å². The second-order valence-electron chi connectivity index (χ2n) is 6.68. The molecule has 4 nitrogen and oxygen atoms in total. The van der Waals surface area contributed by atoms with Crippen LogP contribution in [0.3, 0.4) is 0 Å². The Morgan fingerprint density at radius 3 is 2.52 bits per heavy atom. The Kier molecular flexibility index (Phi) is 6.07. The van der Waals surface area contributed by atoms with Crippen LogP contribution in [0.5, 0.6) is 0 Å². The molecule has 0 spiro atoms. The molecule has 0 aromatic heterocycles. The first-order valence-corrected chi connectivity index (χ1v) is 9.04. The summed E-state index contributed by atoms with van der Waals surface area (Å²) in [6, 6.07) is 18.8. The highest BCUT2D eigenvalue weighted by atomic mass is 16.3. The van der Waals surface area contributed by atoms with Crippen LogP contribution < -0.4 is 5.32 Å². The monoisotopic (exact) mass is 338 g/mol. The van der Waals surface area contributed by atoms with Gasteiger partial charge < -0.3 is 15.3 Å². The lowest BCUT2D eigenvalue weighted by Gasteiger charge is -2.31. The van der Waals surface area contributed by atoms with Gasteiger partial charge in [0.25, 0.3) is 0 Å². The Balaban J connectivity index is 1.46. The molecule has 1 atom stereocenters. The van der Waals surface area contributed by atoms with Crippen molar-refractivity contribution in [3.8, 4) is 11.1 Å². The van der Waals surface area contributed by atoms with E-state index in [9.17, 15) is 9.90 Å². The van der Waals surface area contributed by atoms with E-state index < -0.39 is 0 Å². The highest BCUT2D eigenvalue weighted by Gasteiger charge is 2.22. The predicted molar refractivity (Wildman–Crippen MR) is 100 cm³/mol. The fraction of sp³-hybridized carbons (Fsp3) is 0.381. The largest absolute Gasteiger partial charge is 0.396 e. The molecular formula is C21H26N2O2. The number of nitrogens with one attached hydrogen (secondary N) is 1. The summed E-state index contributed by atoms with van der Waals surface area (Å²) < 4.78 is 0. The Morgan fingerprint density at radius 1 is 1.08 bits per heavy atom. The zero-order valence-electron chi connectivity index (χ0n) is 14.5. The predicted octanol–water partition coefficient (Wildman–Crippen LogP) is 3.31. The van der Waals surface area contributed by atoms with Crippen LogP contribution in [-0.2, 0) is 6.42 Å². The van der Waals surface area contributed by atoms with Gasteiger partial charge in [-0.25, -0.2) is 4.79 Å². The molecular weight excluding hydrogens is 312 g/mol. The third-order valence-electron chi connectivity index (χ3n) is 4.82. The van der Waals surface area contributed by atoms with Crippen LogP contribution >= 0.6 is 0 Å². The van der Waals surface area contributed by atoms with Crippen molar-refractivity contribution < 1.29 is 9.90 Å². The minimum Gasteiger partial charge on any atom is -0.396 e. The van der Waals surface area contributed by atoms with Crippen LogP contribution in [0.25, 0.3) is 11.1 Å². The van der Waals surface area contributed by atoms with Crippen LogP contribution in [0.2, 0.25) is 0 Å². The number of rotatable bonds is 5. The van der Waals surface area contributed by atoms with Crippen molar-refractivity contribution >= 4 is 6.03 Å². The summed E-state index contributed by atoms with van der Waals surface area (Å²) in [5.74, 6) is 0.227. The maximum absolute atomic E-state index is 12.2. The number of hydrogen-bond donors (Lipinski definition) is 2. The van der Waals surface area contributed by atoms with Gasteiger partial charge >= 0.3 is 6.03 Å². The SMILES string of the molecule is O=C(NCCc1ccc(-c2ccccc2)cc1)N1CCCC(CO)C1. The number of piperidine rings is 1. The number of amides is 2. The Bertz CT molecular complexity index is 670. The number of likely N-dealkylation sites (tertiary alicyclic amines) is 1. The van der Waals surface area contributed by atoms with Gasteiger partial charge in [0, 0.05) is 26.2 Å². The lowest BCUT2D eigenvalue weighted by molar-refractivity contribution is 0.129. The number of carbonyl (C=O) groups excluding carboxylic acids is 1. The molecule has 4 heteroatoms. The highest BCUT2D eigenvalue weighted by molar-refractivity contribution is 5.74. The molecule has 25 heavy (non-hydrogen) atoms. The van der Waals surface area contributed by atoms with Gasteiger partial charge in [-0.2, -0.15) is 0 Å². The molecule has 1 saturated heterocycles. The molecule has 3 rings (SSSR count). The van der Waals surface area contributed by atoms with E-state index in [0.717, 1.165) is 25.8 Å². The molecule has 1 unspecified atom stereocenters. The average molecular weight is 338 g/mol. The summed E-state index contributed by atoms with van der Waals surface area (Å²) >= 11 is 0. The van der Waals surface area contributed by atoms with Gasteiger partial charge in [0.05, 0.1) is 0 Å². The quantitative estimate of drug-likeness (QED) is 0.879.